The van der Waals surface area contributed by atoms with Crippen LogP contribution < -0.4 is 14.8 Å². The topological polar surface area (TPSA) is 67.4 Å². The Labute approximate surface area is 176 Å². The van der Waals surface area contributed by atoms with E-state index in [0.29, 0.717) is 6.42 Å². The van der Waals surface area contributed by atoms with Crippen molar-refractivity contribution in [3.63, 3.8) is 0 Å². The van der Waals surface area contributed by atoms with Crippen LogP contribution >= 0.6 is 23.7 Å². The molecule has 1 aromatic rings. The first-order valence-corrected chi connectivity index (χ1v) is 11.6. The van der Waals surface area contributed by atoms with Gasteiger partial charge in [0.25, 0.3) is 0 Å². The van der Waals surface area contributed by atoms with Crippen LogP contribution in [0.2, 0.25) is 0 Å². The summed E-state index contributed by atoms with van der Waals surface area (Å²) in [5, 5.41) is 2.24. The van der Waals surface area contributed by atoms with Crippen LogP contribution in [-0.2, 0) is 9.59 Å². The number of carbonyl (C=O) groups excluding carboxylic acids is 2. The van der Waals surface area contributed by atoms with Gasteiger partial charge >= 0.3 is 0 Å². The molecule has 0 heterocycles. The summed E-state index contributed by atoms with van der Waals surface area (Å²) < 4.78 is 9.32. The summed E-state index contributed by atoms with van der Waals surface area (Å²) in [7, 11) is 1.59. The molecule has 1 fully saturated rings. The second-order valence-electron chi connectivity index (χ2n) is 6.85. The van der Waals surface area contributed by atoms with Crippen molar-refractivity contribution in [3.05, 3.63) is 42.0 Å². The molecule has 2 rings (SSSR count). The van der Waals surface area contributed by atoms with Crippen LogP contribution in [-0.4, -0.2) is 36.2 Å². The number of amides is 1. The smallest absolute Gasteiger partial charge is 0.233 e. The van der Waals surface area contributed by atoms with E-state index < -0.39 is 0 Å². The number of ether oxygens (including phenoxy) is 1. The molecular formula is C21H30N2O3S2. The lowest BCUT2D eigenvalue weighted by atomic mass is 10.1. The van der Waals surface area contributed by atoms with Gasteiger partial charge in [-0.3, -0.25) is 14.3 Å². The van der Waals surface area contributed by atoms with Crippen molar-refractivity contribution in [3.8, 4) is 5.75 Å². The van der Waals surface area contributed by atoms with E-state index in [9.17, 15) is 9.59 Å². The third-order valence-corrected chi connectivity index (χ3v) is 6.27. The quantitative estimate of drug-likeness (QED) is 0.203. The number of carbonyl (C=O) groups is 2. The zero-order chi connectivity index (χ0) is 20.2. The van der Waals surface area contributed by atoms with Gasteiger partial charge in [0.15, 0.2) is 5.62 Å². The van der Waals surface area contributed by atoms with E-state index in [1.165, 1.54) is 18.4 Å². The van der Waals surface area contributed by atoms with Gasteiger partial charge in [-0.1, -0.05) is 48.0 Å². The number of rotatable bonds is 14. The maximum atomic E-state index is 11.6. The summed E-state index contributed by atoms with van der Waals surface area (Å²) in [6.45, 7) is 2.98. The Morgan fingerprint density at radius 3 is 2.89 bits per heavy atom. The van der Waals surface area contributed by atoms with Gasteiger partial charge < -0.3 is 10.1 Å². The van der Waals surface area contributed by atoms with Gasteiger partial charge in [0, 0.05) is 18.8 Å². The minimum atomic E-state index is -0.348. The minimum absolute atomic E-state index is 0.116. The SMILES string of the molecule is CNC(=O)C(C/C=C/CCSNC(C)c1cccc(OCC2CC2)c1)SC=O. The number of thioether (sulfide) groups is 1. The summed E-state index contributed by atoms with van der Waals surface area (Å²) >= 11 is 2.70. The fraction of sp³-hybridized carbons (Fsp3) is 0.524. The average molecular weight is 423 g/mol. The van der Waals surface area contributed by atoms with E-state index >= 15 is 0 Å². The van der Waals surface area contributed by atoms with E-state index in [-0.39, 0.29) is 17.2 Å². The first kappa shape index (κ1) is 22.8. The standard InChI is InChI=1S/C21H30N2O3S2/c1-16(18-7-6-8-19(13-18)26-14-17-10-11-17)23-28-12-5-3-4-9-20(27-15-24)21(25)22-2/h3-4,6-8,13,15-17,20,23H,5,9-12,14H2,1-2H3,(H,22,25)/b4-3+. The average Bonchev–Trinajstić information content (AvgIpc) is 3.54. The molecule has 5 nitrogen and oxygen atoms in total. The predicted octanol–water partition coefficient (Wildman–Crippen LogP) is 4.15. The van der Waals surface area contributed by atoms with Crippen molar-refractivity contribution < 1.29 is 14.3 Å². The Balaban J connectivity index is 1.63. The van der Waals surface area contributed by atoms with E-state index in [1.807, 2.05) is 18.2 Å². The molecule has 0 spiro atoms. The molecule has 1 saturated carbocycles. The Morgan fingerprint density at radius 2 is 2.18 bits per heavy atom. The first-order valence-electron chi connectivity index (χ1n) is 9.69. The molecule has 1 amide bonds. The molecule has 2 atom stereocenters. The fourth-order valence-electron chi connectivity index (χ4n) is 2.54. The lowest BCUT2D eigenvalue weighted by Crippen LogP contribution is -2.29. The lowest BCUT2D eigenvalue weighted by Gasteiger charge is -2.14. The third kappa shape index (κ3) is 8.71. The third-order valence-electron chi connectivity index (χ3n) is 4.46. The fourth-order valence-corrected chi connectivity index (χ4v) is 3.90. The highest BCUT2D eigenvalue weighted by Gasteiger charge is 2.22. The molecule has 2 unspecified atom stereocenters. The number of hydrogen-bond donors (Lipinski definition) is 2. The zero-order valence-electron chi connectivity index (χ0n) is 16.6. The van der Waals surface area contributed by atoms with Gasteiger partial charge in [-0.2, -0.15) is 0 Å². The van der Waals surface area contributed by atoms with Crippen LogP contribution in [0.5, 0.6) is 5.75 Å². The van der Waals surface area contributed by atoms with Crippen molar-refractivity contribution >= 4 is 35.2 Å². The van der Waals surface area contributed by atoms with Gasteiger partial charge in [-0.25, -0.2) is 0 Å². The van der Waals surface area contributed by atoms with Gasteiger partial charge in [0.05, 0.1) is 11.9 Å². The van der Waals surface area contributed by atoms with Gasteiger partial charge in [0.1, 0.15) is 5.75 Å². The normalized spacial score (nSPS) is 15.9. The highest BCUT2D eigenvalue weighted by molar-refractivity contribution is 8.13. The maximum absolute atomic E-state index is 11.6. The van der Waals surface area contributed by atoms with Gasteiger partial charge in [-0.05, 0) is 56.2 Å². The van der Waals surface area contributed by atoms with Crippen molar-refractivity contribution in [2.45, 2.75) is 43.9 Å². The molecular weight excluding hydrogens is 392 g/mol. The molecule has 1 aliphatic rings. The molecule has 1 aromatic carbocycles. The van der Waals surface area contributed by atoms with Crippen LogP contribution in [0.3, 0.4) is 0 Å². The predicted molar refractivity (Wildman–Crippen MR) is 119 cm³/mol. The summed E-state index contributed by atoms with van der Waals surface area (Å²) in [5.41, 5.74) is 1.94. The Kier molecular flexibility index (Phi) is 10.5. The van der Waals surface area contributed by atoms with Crippen molar-refractivity contribution in [1.29, 1.82) is 0 Å². The lowest BCUT2D eigenvalue weighted by molar-refractivity contribution is -0.120. The first-order chi connectivity index (χ1) is 13.6. The molecule has 0 bridgehead atoms. The van der Waals surface area contributed by atoms with E-state index in [1.54, 1.807) is 19.0 Å². The van der Waals surface area contributed by atoms with Crippen LogP contribution in [0.1, 0.15) is 44.2 Å². The van der Waals surface area contributed by atoms with Crippen molar-refractivity contribution in [2.75, 3.05) is 19.4 Å². The summed E-state index contributed by atoms with van der Waals surface area (Å²) in [5.74, 6) is 2.52. The molecule has 7 heteroatoms. The highest BCUT2D eigenvalue weighted by atomic mass is 32.2. The summed E-state index contributed by atoms with van der Waals surface area (Å²) in [4.78, 5) is 22.3. The molecule has 0 saturated heterocycles. The Morgan fingerprint density at radius 1 is 1.36 bits per heavy atom. The number of hydrogen-bond acceptors (Lipinski definition) is 6. The van der Waals surface area contributed by atoms with Gasteiger partial charge in [0.2, 0.25) is 5.91 Å². The monoisotopic (exact) mass is 422 g/mol. The largest absolute Gasteiger partial charge is 0.493 e. The molecule has 154 valence electrons. The zero-order valence-corrected chi connectivity index (χ0v) is 18.2. The number of benzene rings is 1. The minimum Gasteiger partial charge on any atom is -0.493 e. The maximum Gasteiger partial charge on any atom is 0.233 e. The highest BCUT2D eigenvalue weighted by Crippen LogP contribution is 2.30. The van der Waals surface area contributed by atoms with E-state index in [0.717, 1.165) is 47.8 Å². The summed E-state index contributed by atoms with van der Waals surface area (Å²) in [6.07, 6.45) is 8.09. The van der Waals surface area contributed by atoms with Crippen LogP contribution in [0, 0.1) is 5.92 Å². The van der Waals surface area contributed by atoms with Crippen LogP contribution in [0.15, 0.2) is 36.4 Å². The van der Waals surface area contributed by atoms with E-state index in [4.69, 9.17) is 4.74 Å². The molecule has 0 radical (unpaired) electrons. The number of nitrogens with one attached hydrogen (secondary N) is 2. The molecule has 2 N–H and O–H groups in total. The van der Waals surface area contributed by atoms with E-state index in [2.05, 4.69) is 35.2 Å². The van der Waals surface area contributed by atoms with Crippen LogP contribution in [0.25, 0.3) is 0 Å². The number of allylic oxidation sites excluding steroid dienone is 2. The molecule has 1 aliphatic carbocycles. The van der Waals surface area contributed by atoms with Gasteiger partial charge in [-0.15, -0.1) is 0 Å². The Hall–Kier alpha value is -1.44. The molecule has 0 aliphatic heterocycles. The van der Waals surface area contributed by atoms with Crippen molar-refractivity contribution in [2.24, 2.45) is 5.92 Å². The second kappa shape index (κ2) is 12.9. The van der Waals surface area contributed by atoms with Crippen LogP contribution in [0.4, 0.5) is 0 Å². The van der Waals surface area contributed by atoms with Crippen molar-refractivity contribution in [1.82, 2.24) is 10.0 Å². The summed E-state index contributed by atoms with van der Waals surface area (Å²) in [6, 6.07) is 8.53. The second-order valence-corrected chi connectivity index (χ2v) is 8.81. The molecule has 0 aromatic heterocycles. The Bertz CT molecular complexity index is 650. The molecule has 28 heavy (non-hydrogen) atoms.